The first-order valence-electron chi connectivity index (χ1n) is 7.35. The zero-order valence-corrected chi connectivity index (χ0v) is 14.0. The molecule has 2 rings (SSSR count). The van der Waals surface area contributed by atoms with Crippen molar-refractivity contribution in [3.63, 3.8) is 0 Å². The van der Waals surface area contributed by atoms with E-state index in [1.165, 1.54) is 13.3 Å². The van der Waals surface area contributed by atoms with Crippen LogP contribution in [-0.4, -0.2) is 40.0 Å². The van der Waals surface area contributed by atoms with E-state index in [1.54, 1.807) is 42.5 Å². The van der Waals surface area contributed by atoms with Crippen molar-refractivity contribution in [2.24, 2.45) is 0 Å². The Bertz CT molecular complexity index is 707. The fourth-order valence-corrected chi connectivity index (χ4v) is 3.18. The third kappa shape index (κ3) is 4.99. The van der Waals surface area contributed by atoms with E-state index in [9.17, 15) is 13.8 Å². The Hall–Kier alpha value is -2.54. The lowest BCUT2D eigenvalue weighted by Crippen LogP contribution is -2.42. The van der Waals surface area contributed by atoms with Crippen molar-refractivity contribution in [1.82, 2.24) is 10.3 Å². The lowest BCUT2D eigenvalue weighted by molar-refractivity contribution is -0.142. The maximum Gasteiger partial charge on any atom is 0.328 e. The molecule has 7 heteroatoms. The van der Waals surface area contributed by atoms with Gasteiger partial charge in [0.1, 0.15) is 11.7 Å². The maximum atomic E-state index is 12.2. The molecular weight excluding hydrogens is 328 g/mol. The molecule has 6 nitrogen and oxygen atoms in total. The van der Waals surface area contributed by atoms with E-state index in [0.717, 1.165) is 0 Å². The molecule has 0 radical (unpaired) electrons. The molecule has 1 heterocycles. The van der Waals surface area contributed by atoms with Crippen LogP contribution in [0, 0.1) is 0 Å². The van der Waals surface area contributed by atoms with Gasteiger partial charge >= 0.3 is 5.97 Å². The topological polar surface area (TPSA) is 85.4 Å². The molecule has 1 N–H and O–H groups in total. The van der Waals surface area contributed by atoms with Gasteiger partial charge < -0.3 is 10.1 Å². The average molecular weight is 346 g/mol. The summed E-state index contributed by atoms with van der Waals surface area (Å²) in [6.07, 6.45) is 1.69. The first kappa shape index (κ1) is 17.8. The van der Waals surface area contributed by atoms with E-state index in [0.29, 0.717) is 4.90 Å². The van der Waals surface area contributed by atoms with E-state index in [4.69, 9.17) is 4.74 Å². The highest BCUT2D eigenvalue weighted by molar-refractivity contribution is 7.85. The normalized spacial score (nSPS) is 12.9. The quantitative estimate of drug-likeness (QED) is 0.769. The van der Waals surface area contributed by atoms with Crippen LogP contribution in [0.5, 0.6) is 0 Å². The summed E-state index contributed by atoms with van der Waals surface area (Å²) in [4.78, 5) is 28.6. The van der Waals surface area contributed by atoms with Gasteiger partial charge in [-0.2, -0.15) is 0 Å². The Morgan fingerprint density at radius 2 is 1.88 bits per heavy atom. The molecule has 0 spiro atoms. The number of benzene rings is 1. The Balaban J connectivity index is 2.00. The number of hydrogen-bond donors (Lipinski definition) is 1. The van der Waals surface area contributed by atoms with Crippen LogP contribution in [0.3, 0.4) is 0 Å². The maximum absolute atomic E-state index is 12.2. The molecule has 0 aliphatic carbocycles. The molecular formula is C17H18N2O4S. The third-order valence-corrected chi connectivity index (χ3v) is 4.69. The molecule has 1 aromatic carbocycles. The van der Waals surface area contributed by atoms with Gasteiger partial charge in [-0.15, -0.1) is 0 Å². The van der Waals surface area contributed by atoms with E-state index in [-0.39, 0.29) is 17.9 Å². The Kier molecular flexibility index (Phi) is 6.62. The van der Waals surface area contributed by atoms with Crippen molar-refractivity contribution < 1.29 is 18.5 Å². The van der Waals surface area contributed by atoms with Crippen LogP contribution in [0.15, 0.2) is 59.6 Å². The minimum Gasteiger partial charge on any atom is -0.467 e. The van der Waals surface area contributed by atoms with Gasteiger partial charge in [0.25, 0.3) is 5.91 Å². The minimum absolute atomic E-state index is 0.201. The standard InChI is InChI=1S/C17H18N2O4S/c1-23-17(21)15(19-16(20)14-9-5-6-11-18-14)10-12-24(22)13-7-3-2-4-8-13/h2-9,11,15H,10,12H2,1H3,(H,19,20)/t15-,24+/m0/s1. The summed E-state index contributed by atoms with van der Waals surface area (Å²) in [5.74, 6) is -0.826. The largest absolute Gasteiger partial charge is 0.467 e. The van der Waals surface area contributed by atoms with Crippen molar-refractivity contribution in [2.45, 2.75) is 17.4 Å². The molecule has 0 unspecified atom stereocenters. The number of esters is 1. The summed E-state index contributed by atoms with van der Waals surface area (Å²) in [5.41, 5.74) is 0.204. The van der Waals surface area contributed by atoms with Gasteiger partial charge in [-0.05, 0) is 30.7 Å². The molecule has 0 aliphatic rings. The monoisotopic (exact) mass is 346 g/mol. The highest BCUT2D eigenvalue weighted by Crippen LogP contribution is 2.09. The summed E-state index contributed by atoms with van der Waals surface area (Å²) in [5, 5.41) is 2.58. The van der Waals surface area contributed by atoms with Gasteiger partial charge in [0.2, 0.25) is 0 Å². The Morgan fingerprint density at radius 1 is 1.17 bits per heavy atom. The van der Waals surface area contributed by atoms with Crippen molar-refractivity contribution >= 4 is 22.7 Å². The molecule has 0 aliphatic heterocycles. The lowest BCUT2D eigenvalue weighted by Gasteiger charge is -2.16. The number of hydrogen-bond acceptors (Lipinski definition) is 5. The van der Waals surface area contributed by atoms with Gasteiger partial charge in [0.15, 0.2) is 0 Å². The molecule has 1 amide bonds. The molecule has 0 bridgehead atoms. The van der Waals surface area contributed by atoms with Crippen molar-refractivity contribution in [2.75, 3.05) is 12.9 Å². The highest BCUT2D eigenvalue weighted by Gasteiger charge is 2.23. The minimum atomic E-state index is -1.26. The predicted molar refractivity (Wildman–Crippen MR) is 89.8 cm³/mol. The van der Waals surface area contributed by atoms with Crippen LogP contribution in [0.2, 0.25) is 0 Å². The van der Waals surface area contributed by atoms with Gasteiger partial charge in [-0.25, -0.2) is 4.79 Å². The molecule has 126 valence electrons. The van der Waals surface area contributed by atoms with Crippen LogP contribution in [-0.2, 0) is 20.3 Å². The van der Waals surface area contributed by atoms with Crippen molar-refractivity contribution in [3.8, 4) is 0 Å². The zero-order valence-electron chi connectivity index (χ0n) is 13.2. The zero-order chi connectivity index (χ0) is 17.4. The molecule has 0 saturated carbocycles. The van der Waals surface area contributed by atoms with Crippen LogP contribution in [0.1, 0.15) is 16.9 Å². The second-order valence-corrected chi connectivity index (χ2v) is 6.49. The Labute approximate surface area is 142 Å². The number of nitrogens with zero attached hydrogens (tertiary/aromatic N) is 1. The van der Waals surface area contributed by atoms with E-state index >= 15 is 0 Å². The number of amides is 1. The molecule has 2 atom stereocenters. The number of aromatic nitrogens is 1. The average Bonchev–Trinajstić information content (AvgIpc) is 2.65. The first-order chi connectivity index (χ1) is 11.6. The SMILES string of the molecule is COC(=O)[C@H](CC[S@@](=O)c1ccccc1)NC(=O)c1ccccn1. The van der Waals surface area contributed by atoms with Gasteiger partial charge in [-0.3, -0.25) is 14.0 Å². The number of methoxy groups -OCH3 is 1. The van der Waals surface area contributed by atoms with Gasteiger partial charge in [-0.1, -0.05) is 24.3 Å². The number of rotatable bonds is 7. The molecule has 24 heavy (non-hydrogen) atoms. The number of pyridine rings is 1. The summed E-state index contributed by atoms with van der Waals surface area (Å²) in [6, 6.07) is 13.0. The molecule has 0 saturated heterocycles. The van der Waals surface area contributed by atoms with Crippen molar-refractivity contribution in [3.05, 3.63) is 60.4 Å². The smallest absolute Gasteiger partial charge is 0.328 e. The van der Waals surface area contributed by atoms with Crippen LogP contribution in [0.4, 0.5) is 0 Å². The fourth-order valence-electron chi connectivity index (χ4n) is 2.04. The second kappa shape index (κ2) is 8.93. The van der Waals surface area contributed by atoms with E-state index in [1.807, 2.05) is 6.07 Å². The van der Waals surface area contributed by atoms with E-state index < -0.39 is 28.7 Å². The highest BCUT2D eigenvalue weighted by atomic mass is 32.2. The van der Waals surface area contributed by atoms with Gasteiger partial charge in [0.05, 0.1) is 17.9 Å². The third-order valence-electron chi connectivity index (χ3n) is 3.29. The van der Waals surface area contributed by atoms with Gasteiger partial charge in [0, 0.05) is 16.8 Å². The summed E-state index contributed by atoms with van der Waals surface area (Å²) >= 11 is 0. The summed E-state index contributed by atoms with van der Waals surface area (Å²) in [7, 11) is -0.0101. The molecule has 0 fully saturated rings. The second-order valence-electron chi connectivity index (χ2n) is 4.92. The summed E-state index contributed by atoms with van der Waals surface area (Å²) in [6.45, 7) is 0. The Morgan fingerprint density at radius 3 is 2.50 bits per heavy atom. The lowest BCUT2D eigenvalue weighted by atomic mass is 10.2. The number of carbonyl (C=O) groups is 2. The van der Waals surface area contributed by atoms with E-state index in [2.05, 4.69) is 10.3 Å². The summed E-state index contributed by atoms with van der Waals surface area (Å²) < 4.78 is 17.0. The van der Waals surface area contributed by atoms with Crippen LogP contribution in [0.25, 0.3) is 0 Å². The van der Waals surface area contributed by atoms with Crippen LogP contribution < -0.4 is 5.32 Å². The molecule has 1 aromatic heterocycles. The molecule has 2 aromatic rings. The number of carbonyl (C=O) groups excluding carboxylic acids is 2. The number of nitrogens with one attached hydrogen (secondary N) is 1. The predicted octanol–water partition coefficient (Wildman–Crippen LogP) is 1.55. The van der Waals surface area contributed by atoms with Crippen LogP contribution >= 0.6 is 0 Å². The number of ether oxygens (including phenoxy) is 1. The first-order valence-corrected chi connectivity index (χ1v) is 8.67. The fraction of sp³-hybridized carbons (Fsp3) is 0.235. The van der Waals surface area contributed by atoms with Crippen molar-refractivity contribution in [1.29, 1.82) is 0 Å².